The smallest absolute Gasteiger partial charge is 0.229 e. The lowest BCUT2D eigenvalue weighted by Crippen LogP contribution is -2.16. The van der Waals surface area contributed by atoms with Crippen molar-refractivity contribution in [3.8, 4) is 0 Å². The molecule has 0 radical (unpaired) electrons. The van der Waals surface area contributed by atoms with E-state index < -0.39 is 0 Å². The van der Waals surface area contributed by atoms with Gasteiger partial charge in [0.15, 0.2) is 0 Å². The van der Waals surface area contributed by atoms with Crippen LogP contribution in [0.15, 0.2) is 34.9 Å². The SMILES string of the molecule is Cc1ccc(C)c(CC(=O)Nc2ncc(Br)cc2C)c1. The first-order valence-electron chi connectivity index (χ1n) is 6.44. The van der Waals surface area contributed by atoms with Crippen LogP contribution in [0.2, 0.25) is 0 Å². The van der Waals surface area contributed by atoms with E-state index in [2.05, 4.69) is 38.4 Å². The zero-order valence-corrected chi connectivity index (χ0v) is 13.4. The number of anilines is 1. The molecule has 2 aromatic rings. The van der Waals surface area contributed by atoms with E-state index in [9.17, 15) is 4.79 Å². The number of hydrogen-bond donors (Lipinski definition) is 1. The summed E-state index contributed by atoms with van der Waals surface area (Å²) >= 11 is 3.36. The third-order valence-corrected chi connectivity index (χ3v) is 3.59. The number of amides is 1. The highest BCUT2D eigenvalue weighted by Crippen LogP contribution is 2.17. The van der Waals surface area contributed by atoms with Crippen LogP contribution >= 0.6 is 15.9 Å². The average molecular weight is 333 g/mol. The molecule has 4 heteroatoms. The third kappa shape index (κ3) is 3.67. The van der Waals surface area contributed by atoms with Gasteiger partial charge >= 0.3 is 0 Å². The fourth-order valence-electron chi connectivity index (χ4n) is 2.01. The third-order valence-electron chi connectivity index (χ3n) is 3.16. The molecular weight excluding hydrogens is 316 g/mol. The van der Waals surface area contributed by atoms with Crippen molar-refractivity contribution < 1.29 is 4.79 Å². The van der Waals surface area contributed by atoms with Crippen LogP contribution in [-0.2, 0) is 11.2 Å². The quantitative estimate of drug-likeness (QED) is 0.924. The fourth-order valence-corrected chi connectivity index (χ4v) is 2.46. The summed E-state index contributed by atoms with van der Waals surface area (Å²) in [6.07, 6.45) is 2.05. The predicted octanol–water partition coefficient (Wildman–Crippen LogP) is 3.95. The number of pyridine rings is 1. The van der Waals surface area contributed by atoms with E-state index in [-0.39, 0.29) is 5.91 Å². The van der Waals surface area contributed by atoms with Gasteiger partial charge in [0.1, 0.15) is 5.82 Å². The molecule has 0 fully saturated rings. The highest BCUT2D eigenvalue weighted by atomic mass is 79.9. The Bertz CT molecular complexity index is 653. The van der Waals surface area contributed by atoms with Crippen LogP contribution in [-0.4, -0.2) is 10.9 Å². The molecule has 0 saturated heterocycles. The van der Waals surface area contributed by atoms with E-state index in [1.807, 2.05) is 32.9 Å². The van der Waals surface area contributed by atoms with Crippen LogP contribution in [0, 0.1) is 20.8 Å². The van der Waals surface area contributed by atoms with Crippen molar-refractivity contribution in [3.63, 3.8) is 0 Å². The van der Waals surface area contributed by atoms with Crippen molar-refractivity contribution in [2.75, 3.05) is 5.32 Å². The summed E-state index contributed by atoms with van der Waals surface area (Å²) in [5, 5.41) is 2.86. The number of carbonyl (C=O) groups is 1. The van der Waals surface area contributed by atoms with Crippen molar-refractivity contribution >= 4 is 27.7 Å². The molecule has 0 atom stereocenters. The van der Waals surface area contributed by atoms with Gasteiger partial charge in [0.2, 0.25) is 5.91 Å². The largest absolute Gasteiger partial charge is 0.310 e. The summed E-state index contributed by atoms with van der Waals surface area (Å²) in [5.41, 5.74) is 4.29. The molecule has 1 aromatic carbocycles. The van der Waals surface area contributed by atoms with Crippen molar-refractivity contribution in [1.29, 1.82) is 0 Å². The second kappa shape index (κ2) is 6.18. The van der Waals surface area contributed by atoms with Gasteiger partial charge in [-0.15, -0.1) is 0 Å². The lowest BCUT2D eigenvalue weighted by molar-refractivity contribution is -0.115. The molecule has 1 N–H and O–H groups in total. The zero-order chi connectivity index (χ0) is 14.7. The minimum Gasteiger partial charge on any atom is -0.310 e. The molecule has 0 unspecified atom stereocenters. The topological polar surface area (TPSA) is 42.0 Å². The number of benzene rings is 1. The Labute approximate surface area is 127 Å². The molecule has 3 nitrogen and oxygen atoms in total. The summed E-state index contributed by atoms with van der Waals surface area (Å²) < 4.78 is 0.905. The van der Waals surface area contributed by atoms with Crippen LogP contribution < -0.4 is 5.32 Å². The van der Waals surface area contributed by atoms with Crippen LogP contribution in [0.3, 0.4) is 0 Å². The summed E-state index contributed by atoms with van der Waals surface area (Å²) in [5.74, 6) is 0.570. The molecule has 0 bridgehead atoms. The van der Waals surface area contributed by atoms with Gasteiger partial charge in [-0.3, -0.25) is 4.79 Å². The van der Waals surface area contributed by atoms with Crippen molar-refractivity contribution in [3.05, 3.63) is 57.2 Å². The van der Waals surface area contributed by atoms with Gasteiger partial charge < -0.3 is 5.32 Å². The van der Waals surface area contributed by atoms with E-state index >= 15 is 0 Å². The highest BCUT2D eigenvalue weighted by Gasteiger charge is 2.09. The van der Waals surface area contributed by atoms with Crippen molar-refractivity contribution in [2.24, 2.45) is 0 Å². The normalized spacial score (nSPS) is 10.4. The van der Waals surface area contributed by atoms with E-state index in [1.165, 1.54) is 0 Å². The molecule has 1 heterocycles. The lowest BCUT2D eigenvalue weighted by Gasteiger charge is -2.09. The van der Waals surface area contributed by atoms with Crippen molar-refractivity contribution in [2.45, 2.75) is 27.2 Å². The molecule has 20 heavy (non-hydrogen) atoms. The number of aromatic nitrogens is 1. The molecular formula is C16H17BrN2O. The summed E-state index contributed by atoms with van der Waals surface area (Å²) in [4.78, 5) is 16.3. The van der Waals surface area contributed by atoms with Gasteiger partial charge in [-0.2, -0.15) is 0 Å². The number of nitrogens with one attached hydrogen (secondary N) is 1. The first-order chi connectivity index (χ1) is 9.45. The minimum atomic E-state index is -0.0448. The summed E-state index contributed by atoms with van der Waals surface area (Å²) in [6, 6.07) is 8.08. The van der Waals surface area contributed by atoms with Gasteiger partial charge in [-0.05, 0) is 59.5 Å². The highest BCUT2D eigenvalue weighted by molar-refractivity contribution is 9.10. The Balaban J connectivity index is 2.11. The standard InChI is InChI=1S/C16H17BrN2O/c1-10-4-5-11(2)13(6-10)8-15(20)19-16-12(3)7-14(17)9-18-16/h4-7,9H,8H2,1-3H3,(H,18,19,20). The molecule has 0 aliphatic carbocycles. The Morgan fingerprint density at radius 1 is 1.20 bits per heavy atom. The number of hydrogen-bond acceptors (Lipinski definition) is 2. The maximum Gasteiger partial charge on any atom is 0.229 e. The van der Waals surface area contributed by atoms with Gasteiger partial charge in [-0.1, -0.05) is 23.8 Å². The first-order valence-corrected chi connectivity index (χ1v) is 7.23. The second-order valence-corrected chi connectivity index (χ2v) is 5.89. The zero-order valence-electron chi connectivity index (χ0n) is 11.8. The van der Waals surface area contributed by atoms with E-state index in [4.69, 9.17) is 0 Å². The van der Waals surface area contributed by atoms with Gasteiger partial charge in [0, 0.05) is 10.7 Å². The molecule has 1 amide bonds. The van der Waals surface area contributed by atoms with Crippen LogP contribution in [0.25, 0.3) is 0 Å². The number of halogens is 1. The Morgan fingerprint density at radius 2 is 1.95 bits per heavy atom. The summed E-state index contributed by atoms with van der Waals surface area (Å²) in [6.45, 7) is 5.97. The first kappa shape index (κ1) is 14.7. The van der Waals surface area contributed by atoms with Gasteiger partial charge in [0.05, 0.1) is 6.42 Å². The molecule has 2 rings (SSSR count). The molecule has 0 saturated carbocycles. The molecule has 0 aliphatic heterocycles. The van der Waals surface area contributed by atoms with Crippen LogP contribution in [0.5, 0.6) is 0 Å². The number of carbonyl (C=O) groups excluding carboxylic acids is 1. The lowest BCUT2D eigenvalue weighted by atomic mass is 10.0. The van der Waals surface area contributed by atoms with Crippen molar-refractivity contribution in [1.82, 2.24) is 4.98 Å². The Morgan fingerprint density at radius 3 is 2.65 bits per heavy atom. The van der Waals surface area contributed by atoms with Crippen LogP contribution in [0.1, 0.15) is 22.3 Å². The monoisotopic (exact) mass is 332 g/mol. The van der Waals surface area contributed by atoms with E-state index in [1.54, 1.807) is 6.20 Å². The molecule has 0 aliphatic rings. The fraction of sp³-hybridized carbons (Fsp3) is 0.250. The Kier molecular flexibility index (Phi) is 4.55. The Hall–Kier alpha value is -1.68. The minimum absolute atomic E-state index is 0.0448. The van der Waals surface area contributed by atoms with Gasteiger partial charge in [-0.25, -0.2) is 4.98 Å². The molecule has 1 aromatic heterocycles. The second-order valence-electron chi connectivity index (χ2n) is 4.97. The maximum atomic E-state index is 12.1. The number of rotatable bonds is 3. The predicted molar refractivity (Wildman–Crippen MR) is 84.9 cm³/mol. The van der Waals surface area contributed by atoms with E-state index in [0.29, 0.717) is 12.2 Å². The molecule has 104 valence electrons. The molecule has 0 spiro atoms. The van der Waals surface area contributed by atoms with Crippen LogP contribution in [0.4, 0.5) is 5.82 Å². The van der Waals surface area contributed by atoms with E-state index in [0.717, 1.165) is 26.7 Å². The maximum absolute atomic E-state index is 12.1. The number of aryl methyl sites for hydroxylation is 3. The number of nitrogens with zero attached hydrogens (tertiary/aromatic N) is 1. The van der Waals surface area contributed by atoms with Gasteiger partial charge in [0.25, 0.3) is 0 Å². The average Bonchev–Trinajstić information content (AvgIpc) is 2.37. The summed E-state index contributed by atoms with van der Waals surface area (Å²) in [7, 11) is 0.